The van der Waals surface area contributed by atoms with Crippen LogP contribution in [0.3, 0.4) is 0 Å². The predicted molar refractivity (Wildman–Crippen MR) is 84.1 cm³/mol. The van der Waals surface area contributed by atoms with Crippen molar-refractivity contribution in [2.75, 3.05) is 20.2 Å². The Morgan fingerprint density at radius 3 is 2.88 bits per heavy atom. The van der Waals surface area contributed by atoms with Crippen molar-refractivity contribution in [1.29, 1.82) is 0 Å². The number of hydrogen-bond acceptors (Lipinski definition) is 6. The van der Waals surface area contributed by atoms with Crippen LogP contribution in [0.5, 0.6) is 0 Å². The molecule has 1 N–H and O–H groups in total. The Labute approximate surface area is 140 Å². The van der Waals surface area contributed by atoms with Crippen LogP contribution in [0, 0.1) is 11.8 Å². The number of nitrogens with one attached hydrogen (secondary N) is 1. The predicted octanol–water partition coefficient (Wildman–Crippen LogP) is 0.0537. The first kappa shape index (κ1) is 15.6. The summed E-state index contributed by atoms with van der Waals surface area (Å²) in [6, 6.07) is 0.775. The summed E-state index contributed by atoms with van der Waals surface area (Å²) in [4.78, 5) is 26.2. The Bertz CT molecular complexity index is 641. The molecule has 130 valence electrons. The van der Waals surface area contributed by atoms with E-state index in [1.807, 2.05) is 0 Å². The van der Waals surface area contributed by atoms with E-state index in [2.05, 4.69) is 25.3 Å². The maximum absolute atomic E-state index is 12.4. The van der Waals surface area contributed by atoms with Gasteiger partial charge in [-0.05, 0) is 38.1 Å². The lowest BCUT2D eigenvalue weighted by Gasteiger charge is -2.49. The highest BCUT2D eigenvalue weighted by molar-refractivity contribution is 5.86. The van der Waals surface area contributed by atoms with Crippen LogP contribution >= 0.6 is 0 Å². The van der Waals surface area contributed by atoms with Gasteiger partial charge in [-0.2, -0.15) is 0 Å². The molecule has 4 aliphatic rings. The van der Waals surface area contributed by atoms with Crippen molar-refractivity contribution >= 4 is 11.9 Å². The molecule has 0 radical (unpaired) electrons. The lowest BCUT2D eigenvalue weighted by Crippen LogP contribution is -2.58. The van der Waals surface area contributed by atoms with Crippen molar-refractivity contribution in [3.05, 3.63) is 11.9 Å². The first-order chi connectivity index (χ1) is 11.6. The van der Waals surface area contributed by atoms with Crippen molar-refractivity contribution in [2.45, 2.75) is 44.3 Å². The van der Waals surface area contributed by atoms with Gasteiger partial charge in [-0.15, -0.1) is 5.10 Å². The fourth-order valence-corrected chi connectivity index (χ4v) is 3.96. The van der Waals surface area contributed by atoms with Gasteiger partial charge >= 0.3 is 5.97 Å². The Morgan fingerprint density at radius 1 is 1.38 bits per heavy atom. The van der Waals surface area contributed by atoms with E-state index in [-0.39, 0.29) is 17.5 Å². The average molecular weight is 333 g/mol. The topological polar surface area (TPSA) is 89.4 Å². The Kier molecular flexibility index (Phi) is 3.99. The lowest BCUT2D eigenvalue weighted by atomic mass is 9.75. The normalized spacial score (nSPS) is 31.7. The molecule has 1 aromatic rings. The largest absolute Gasteiger partial charge is 0.464 e. The zero-order valence-electron chi connectivity index (χ0n) is 13.9. The zero-order valence-corrected chi connectivity index (χ0v) is 13.9. The number of nitrogens with zero attached hydrogens (tertiary/aromatic N) is 4. The van der Waals surface area contributed by atoms with E-state index in [1.165, 1.54) is 7.11 Å². The molecule has 5 rings (SSSR count). The number of fused-ring (bicyclic) bond motifs is 3. The average Bonchev–Trinajstić information content (AvgIpc) is 3.30. The summed E-state index contributed by atoms with van der Waals surface area (Å²) in [7, 11) is 1.33. The summed E-state index contributed by atoms with van der Waals surface area (Å²) >= 11 is 0. The number of amides is 1. The molecule has 1 aromatic heterocycles. The highest BCUT2D eigenvalue weighted by Crippen LogP contribution is 2.37. The molecule has 8 nitrogen and oxygen atoms in total. The molecule has 1 unspecified atom stereocenters. The Morgan fingerprint density at radius 2 is 2.21 bits per heavy atom. The van der Waals surface area contributed by atoms with Gasteiger partial charge in [0.25, 0.3) is 0 Å². The molecule has 4 fully saturated rings. The number of ether oxygens (including phenoxy) is 1. The highest BCUT2D eigenvalue weighted by Gasteiger charge is 2.44. The minimum Gasteiger partial charge on any atom is -0.464 e. The van der Waals surface area contributed by atoms with E-state index < -0.39 is 5.97 Å². The number of aromatic nitrogens is 3. The van der Waals surface area contributed by atoms with E-state index in [0.29, 0.717) is 24.5 Å². The van der Waals surface area contributed by atoms with Crippen LogP contribution in [0.4, 0.5) is 0 Å². The van der Waals surface area contributed by atoms with E-state index in [9.17, 15) is 9.59 Å². The third kappa shape index (κ3) is 3.02. The molecule has 2 bridgehead atoms. The fraction of sp³-hybridized carbons (Fsp3) is 0.750. The van der Waals surface area contributed by atoms with Crippen molar-refractivity contribution in [2.24, 2.45) is 11.8 Å². The van der Waals surface area contributed by atoms with Gasteiger partial charge in [-0.25, -0.2) is 4.79 Å². The van der Waals surface area contributed by atoms with Crippen LogP contribution in [0.1, 0.15) is 36.2 Å². The number of esters is 1. The molecule has 1 amide bonds. The maximum atomic E-state index is 12.4. The van der Waals surface area contributed by atoms with Gasteiger partial charge in [-0.1, -0.05) is 5.21 Å². The number of carbonyl (C=O) groups is 2. The summed E-state index contributed by atoms with van der Waals surface area (Å²) in [6.45, 7) is 2.55. The van der Waals surface area contributed by atoms with E-state index in [0.717, 1.165) is 38.8 Å². The van der Waals surface area contributed by atoms with E-state index >= 15 is 0 Å². The van der Waals surface area contributed by atoms with Crippen LogP contribution < -0.4 is 5.32 Å². The van der Waals surface area contributed by atoms with Crippen LogP contribution in [0.25, 0.3) is 0 Å². The second kappa shape index (κ2) is 6.16. The standard InChI is InChI=1S/C16H23N5O3/c1-24-16(23)14-9-21(19-18-14)7-12-6-10-4-5-20(12)8-13(10)15(22)17-11-2-3-11/h9-13H,2-8H2,1H3,(H,17,22)/t10-,12-,13+/m1/s1. The maximum Gasteiger partial charge on any atom is 0.360 e. The molecular formula is C16H23N5O3. The third-order valence-electron chi connectivity index (χ3n) is 5.47. The minimum absolute atomic E-state index is 0.122. The molecule has 3 saturated heterocycles. The summed E-state index contributed by atoms with van der Waals surface area (Å²) in [5.74, 6) is 0.335. The summed E-state index contributed by atoms with van der Waals surface area (Å²) in [6.07, 6.45) is 5.97. The van der Waals surface area contributed by atoms with Crippen molar-refractivity contribution in [3.8, 4) is 0 Å². The van der Waals surface area contributed by atoms with Crippen molar-refractivity contribution in [3.63, 3.8) is 0 Å². The van der Waals surface area contributed by atoms with Crippen LogP contribution in [0.2, 0.25) is 0 Å². The van der Waals surface area contributed by atoms with Gasteiger partial charge < -0.3 is 10.1 Å². The molecule has 24 heavy (non-hydrogen) atoms. The van der Waals surface area contributed by atoms with Gasteiger partial charge in [0.2, 0.25) is 5.91 Å². The fourth-order valence-electron chi connectivity index (χ4n) is 3.96. The van der Waals surface area contributed by atoms with Crippen molar-refractivity contribution < 1.29 is 14.3 Å². The summed E-state index contributed by atoms with van der Waals surface area (Å²) in [5.41, 5.74) is 0.232. The van der Waals surface area contributed by atoms with Crippen LogP contribution in [-0.4, -0.2) is 64.1 Å². The number of hydrogen-bond donors (Lipinski definition) is 1. The molecule has 1 aliphatic carbocycles. The third-order valence-corrected chi connectivity index (χ3v) is 5.47. The summed E-state index contributed by atoms with van der Waals surface area (Å²) in [5, 5.41) is 11.0. The Hall–Kier alpha value is -1.96. The van der Waals surface area contributed by atoms with Gasteiger partial charge in [-0.3, -0.25) is 14.4 Å². The monoisotopic (exact) mass is 333 g/mol. The SMILES string of the molecule is COC(=O)c1cn(C[C@H]2C[C@H]3CCN2C[C@@H]3C(=O)NC2CC2)nn1. The molecule has 1 saturated carbocycles. The highest BCUT2D eigenvalue weighted by atomic mass is 16.5. The second-order valence-corrected chi connectivity index (χ2v) is 7.14. The molecule has 0 aromatic carbocycles. The molecule has 0 spiro atoms. The smallest absolute Gasteiger partial charge is 0.360 e. The Balaban J connectivity index is 1.37. The number of piperidine rings is 3. The summed E-state index contributed by atoms with van der Waals surface area (Å²) < 4.78 is 6.36. The number of rotatable bonds is 5. The first-order valence-corrected chi connectivity index (χ1v) is 8.67. The van der Waals surface area contributed by atoms with Crippen LogP contribution in [0.15, 0.2) is 6.20 Å². The zero-order chi connectivity index (χ0) is 16.7. The van der Waals surface area contributed by atoms with Gasteiger partial charge in [0, 0.05) is 18.6 Å². The second-order valence-electron chi connectivity index (χ2n) is 7.14. The molecule has 4 atom stereocenters. The molecule has 4 heterocycles. The number of methoxy groups -OCH3 is 1. The molecule has 8 heteroatoms. The molecular weight excluding hydrogens is 310 g/mol. The van der Waals surface area contributed by atoms with E-state index in [1.54, 1.807) is 10.9 Å². The van der Waals surface area contributed by atoms with Gasteiger partial charge in [0.15, 0.2) is 5.69 Å². The quantitative estimate of drug-likeness (QED) is 0.766. The minimum atomic E-state index is -0.469. The lowest BCUT2D eigenvalue weighted by molar-refractivity contribution is -0.133. The number of carbonyl (C=O) groups excluding carboxylic acids is 2. The van der Waals surface area contributed by atoms with E-state index in [4.69, 9.17) is 0 Å². The van der Waals surface area contributed by atoms with Gasteiger partial charge in [0.05, 0.1) is 25.8 Å². The first-order valence-electron chi connectivity index (χ1n) is 8.67. The van der Waals surface area contributed by atoms with Gasteiger partial charge in [0.1, 0.15) is 0 Å². The molecule has 3 aliphatic heterocycles. The van der Waals surface area contributed by atoms with Crippen LogP contribution in [-0.2, 0) is 16.1 Å². The van der Waals surface area contributed by atoms with Crippen molar-refractivity contribution in [1.82, 2.24) is 25.2 Å².